The molecule has 2 aliphatic rings. The van der Waals surface area contributed by atoms with E-state index in [1.807, 2.05) is 0 Å². The number of nitrogens with two attached hydrogens (primary N) is 1. The van der Waals surface area contributed by atoms with Gasteiger partial charge in [-0.2, -0.15) is 0 Å². The molecule has 2 atom stereocenters. The zero-order valence-electron chi connectivity index (χ0n) is 9.99. The predicted octanol–water partition coefficient (Wildman–Crippen LogP) is 0.751. The summed E-state index contributed by atoms with van der Waals surface area (Å²) >= 11 is 0. The van der Waals surface area contributed by atoms with E-state index < -0.39 is 0 Å². The summed E-state index contributed by atoms with van der Waals surface area (Å²) in [5.41, 5.74) is 6.21. The van der Waals surface area contributed by atoms with Gasteiger partial charge in [-0.25, -0.2) is 0 Å². The first-order chi connectivity index (χ1) is 7.25. The molecule has 0 radical (unpaired) electrons. The lowest BCUT2D eigenvalue weighted by molar-refractivity contribution is 0.122. The highest BCUT2D eigenvalue weighted by atomic mass is 15.2. The third-order valence-corrected chi connectivity index (χ3v) is 3.94. The summed E-state index contributed by atoms with van der Waals surface area (Å²) in [5, 5.41) is 0. The molecule has 3 heteroatoms. The highest BCUT2D eigenvalue weighted by Gasteiger charge is 2.26. The fraction of sp³-hybridized carbons (Fsp3) is 1.00. The summed E-state index contributed by atoms with van der Waals surface area (Å²) in [4.78, 5) is 5.05. The van der Waals surface area contributed by atoms with Gasteiger partial charge in [0, 0.05) is 19.1 Å². The van der Waals surface area contributed by atoms with Crippen LogP contribution in [0.2, 0.25) is 0 Å². The van der Waals surface area contributed by atoms with Gasteiger partial charge in [-0.1, -0.05) is 6.42 Å². The maximum Gasteiger partial charge on any atom is 0.0104 e. The normalized spacial score (nSPS) is 35.6. The Hall–Kier alpha value is -0.120. The van der Waals surface area contributed by atoms with Crippen molar-refractivity contribution in [3.8, 4) is 0 Å². The first-order valence-corrected chi connectivity index (χ1v) is 6.42. The molecule has 0 bridgehead atoms. The van der Waals surface area contributed by atoms with Gasteiger partial charge in [0.2, 0.25) is 0 Å². The zero-order chi connectivity index (χ0) is 10.7. The summed E-state index contributed by atoms with van der Waals surface area (Å²) in [6, 6.07) is 0.433. The zero-order valence-corrected chi connectivity index (χ0v) is 9.99. The molecule has 0 aromatic carbocycles. The Labute approximate surface area is 93.6 Å². The highest BCUT2D eigenvalue weighted by molar-refractivity contribution is 4.84. The van der Waals surface area contributed by atoms with Crippen molar-refractivity contribution >= 4 is 0 Å². The number of hydrogen-bond donors (Lipinski definition) is 1. The highest BCUT2D eigenvalue weighted by Crippen LogP contribution is 2.18. The SMILES string of the molecule is CN1CCC(N)C(CN2CCCCC2)C1. The summed E-state index contributed by atoms with van der Waals surface area (Å²) in [5.74, 6) is 0.696. The Morgan fingerprint density at radius 2 is 1.87 bits per heavy atom. The molecule has 0 aliphatic carbocycles. The van der Waals surface area contributed by atoms with Gasteiger partial charge in [0.1, 0.15) is 0 Å². The number of piperidine rings is 2. The molecular formula is C12H25N3. The predicted molar refractivity (Wildman–Crippen MR) is 63.9 cm³/mol. The first-order valence-electron chi connectivity index (χ1n) is 6.42. The first kappa shape index (κ1) is 11.4. The van der Waals surface area contributed by atoms with Crippen LogP contribution < -0.4 is 5.73 Å². The standard InChI is InChI=1S/C12H25N3/c1-14-8-5-12(13)11(9-14)10-15-6-3-2-4-7-15/h11-12H,2-10,13H2,1H3. The van der Waals surface area contributed by atoms with Gasteiger partial charge in [0.25, 0.3) is 0 Å². The van der Waals surface area contributed by atoms with Crippen molar-refractivity contribution in [2.75, 3.05) is 39.8 Å². The third-order valence-electron chi connectivity index (χ3n) is 3.94. The molecule has 0 aromatic heterocycles. The van der Waals surface area contributed by atoms with E-state index in [9.17, 15) is 0 Å². The third kappa shape index (κ3) is 3.16. The number of likely N-dealkylation sites (tertiary alicyclic amines) is 2. The molecule has 0 spiro atoms. The Morgan fingerprint density at radius 1 is 1.13 bits per heavy atom. The number of nitrogens with zero attached hydrogens (tertiary/aromatic N) is 2. The van der Waals surface area contributed by atoms with Crippen LogP contribution in [0.15, 0.2) is 0 Å². The molecule has 0 saturated carbocycles. The second-order valence-electron chi connectivity index (χ2n) is 5.34. The van der Waals surface area contributed by atoms with Crippen molar-refractivity contribution < 1.29 is 0 Å². The van der Waals surface area contributed by atoms with Gasteiger partial charge in [-0.05, 0) is 51.9 Å². The molecule has 2 rings (SSSR count). The minimum atomic E-state index is 0.433. The van der Waals surface area contributed by atoms with E-state index in [4.69, 9.17) is 5.73 Å². The molecule has 0 aromatic rings. The molecule has 2 heterocycles. The Kier molecular flexibility index (Phi) is 4.00. The van der Waals surface area contributed by atoms with Gasteiger partial charge >= 0.3 is 0 Å². The van der Waals surface area contributed by atoms with Crippen LogP contribution in [0.3, 0.4) is 0 Å². The summed E-state index contributed by atoms with van der Waals surface area (Å²) in [6.45, 7) is 6.20. The quantitative estimate of drug-likeness (QED) is 0.731. The number of rotatable bonds is 2. The van der Waals surface area contributed by atoms with Gasteiger partial charge in [0.05, 0.1) is 0 Å². The average Bonchev–Trinajstić information content (AvgIpc) is 2.25. The lowest BCUT2D eigenvalue weighted by atomic mass is 9.92. The van der Waals surface area contributed by atoms with E-state index in [1.54, 1.807) is 0 Å². The van der Waals surface area contributed by atoms with Gasteiger partial charge in [-0.3, -0.25) is 0 Å². The fourth-order valence-corrected chi connectivity index (χ4v) is 2.90. The van der Waals surface area contributed by atoms with Gasteiger partial charge < -0.3 is 15.5 Å². The van der Waals surface area contributed by atoms with E-state index in [0.717, 1.165) is 0 Å². The second kappa shape index (κ2) is 5.28. The largest absolute Gasteiger partial charge is 0.327 e. The molecule has 2 saturated heterocycles. The maximum absolute atomic E-state index is 6.21. The van der Waals surface area contributed by atoms with Crippen LogP contribution in [-0.2, 0) is 0 Å². The van der Waals surface area contributed by atoms with Crippen LogP contribution in [0.5, 0.6) is 0 Å². The summed E-state index contributed by atoms with van der Waals surface area (Å²) in [6.07, 6.45) is 5.37. The van der Waals surface area contributed by atoms with E-state index in [0.29, 0.717) is 12.0 Å². The Morgan fingerprint density at radius 3 is 2.60 bits per heavy atom. The van der Waals surface area contributed by atoms with Crippen LogP contribution >= 0.6 is 0 Å². The molecule has 2 fully saturated rings. The van der Waals surface area contributed by atoms with Crippen LogP contribution in [0, 0.1) is 5.92 Å². The molecule has 0 amide bonds. The van der Waals surface area contributed by atoms with Crippen LogP contribution in [0.1, 0.15) is 25.7 Å². The van der Waals surface area contributed by atoms with Crippen molar-refractivity contribution in [1.29, 1.82) is 0 Å². The van der Waals surface area contributed by atoms with E-state index >= 15 is 0 Å². The summed E-state index contributed by atoms with van der Waals surface area (Å²) < 4.78 is 0. The van der Waals surface area contributed by atoms with Gasteiger partial charge in [0.15, 0.2) is 0 Å². The Balaban J connectivity index is 1.80. The minimum Gasteiger partial charge on any atom is -0.327 e. The van der Waals surface area contributed by atoms with Crippen molar-refractivity contribution in [2.45, 2.75) is 31.7 Å². The topological polar surface area (TPSA) is 32.5 Å². The minimum absolute atomic E-state index is 0.433. The average molecular weight is 211 g/mol. The van der Waals surface area contributed by atoms with Crippen molar-refractivity contribution in [1.82, 2.24) is 9.80 Å². The van der Waals surface area contributed by atoms with Crippen molar-refractivity contribution in [3.63, 3.8) is 0 Å². The smallest absolute Gasteiger partial charge is 0.0104 e. The maximum atomic E-state index is 6.21. The molecule has 15 heavy (non-hydrogen) atoms. The van der Waals surface area contributed by atoms with Crippen molar-refractivity contribution in [3.05, 3.63) is 0 Å². The molecular weight excluding hydrogens is 186 g/mol. The van der Waals surface area contributed by atoms with E-state index in [2.05, 4.69) is 16.8 Å². The van der Waals surface area contributed by atoms with E-state index in [1.165, 1.54) is 58.4 Å². The monoisotopic (exact) mass is 211 g/mol. The second-order valence-corrected chi connectivity index (χ2v) is 5.34. The van der Waals surface area contributed by atoms with Gasteiger partial charge in [-0.15, -0.1) is 0 Å². The number of hydrogen-bond acceptors (Lipinski definition) is 3. The summed E-state index contributed by atoms with van der Waals surface area (Å²) in [7, 11) is 2.22. The molecule has 2 aliphatic heterocycles. The fourth-order valence-electron chi connectivity index (χ4n) is 2.90. The molecule has 88 valence electrons. The molecule has 2 N–H and O–H groups in total. The van der Waals surface area contributed by atoms with Crippen molar-refractivity contribution in [2.24, 2.45) is 11.7 Å². The van der Waals surface area contributed by atoms with Crippen LogP contribution in [0.4, 0.5) is 0 Å². The van der Waals surface area contributed by atoms with Crippen LogP contribution in [-0.4, -0.2) is 55.6 Å². The lowest BCUT2D eigenvalue weighted by Crippen LogP contribution is -2.50. The lowest BCUT2D eigenvalue weighted by Gasteiger charge is -2.38. The van der Waals surface area contributed by atoms with Crippen LogP contribution in [0.25, 0.3) is 0 Å². The Bertz CT molecular complexity index is 189. The molecule has 2 unspecified atom stereocenters. The van der Waals surface area contributed by atoms with E-state index in [-0.39, 0.29) is 0 Å². The molecule has 3 nitrogen and oxygen atoms in total.